The maximum absolute atomic E-state index is 14.2. The predicted molar refractivity (Wildman–Crippen MR) is 159 cm³/mol. The van der Waals surface area contributed by atoms with Crippen molar-refractivity contribution in [3.8, 4) is 5.75 Å². The van der Waals surface area contributed by atoms with E-state index in [1.54, 1.807) is 76.4 Å². The molecule has 0 saturated carbocycles. The number of unbranched alkanes of at least 4 members (excludes halogenated alkanes) is 1. The predicted octanol–water partition coefficient (Wildman–Crippen LogP) is 4.81. The Bertz CT molecular complexity index is 1210. The van der Waals surface area contributed by atoms with E-state index >= 15 is 0 Å². The third-order valence-electron chi connectivity index (χ3n) is 6.08. The highest BCUT2D eigenvalue weighted by Crippen LogP contribution is 2.27. The molecule has 2 aromatic rings. The molecule has 2 unspecified atom stereocenters. The van der Waals surface area contributed by atoms with Gasteiger partial charge >= 0.3 is 6.09 Å². The summed E-state index contributed by atoms with van der Waals surface area (Å²) in [6.45, 7) is 11.1. The molecule has 0 aromatic heterocycles. The molecule has 2 aromatic carbocycles. The number of alkyl carbamates (subject to hydrolysis) is 1. The van der Waals surface area contributed by atoms with E-state index in [2.05, 4.69) is 17.2 Å². The number of carbonyl (C=O) groups is 4. The first-order valence-electron chi connectivity index (χ1n) is 13.6. The van der Waals surface area contributed by atoms with Crippen LogP contribution in [0.5, 0.6) is 5.75 Å². The second kappa shape index (κ2) is 15.4. The fourth-order valence-corrected chi connectivity index (χ4v) is 4.10. The van der Waals surface area contributed by atoms with E-state index in [9.17, 15) is 19.2 Å². The van der Waals surface area contributed by atoms with Gasteiger partial charge in [-0.15, -0.1) is 0 Å². The van der Waals surface area contributed by atoms with Crippen LogP contribution in [0.2, 0.25) is 0 Å². The molecule has 41 heavy (non-hydrogen) atoms. The lowest BCUT2D eigenvalue weighted by atomic mass is 9.99. The number of anilines is 1. The third-order valence-corrected chi connectivity index (χ3v) is 6.08. The largest absolute Gasteiger partial charge is 0.497 e. The molecule has 4 N–H and O–H groups in total. The summed E-state index contributed by atoms with van der Waals surface area (Å²) in [5, 5.41) is 5.50. The van der Waals surface area contributed by atoms with Crippen LogP contribution in [0.25, 0.3) is 6.08 Å². The van der Waals surface area contributed by atoms with E-state index in [1.807, 2.05) is 13.0 Å². The summed E-state index contributed by atoms with van der Waals surface area (Å²) < 4.78 is 10.6. The maximum atomic E-state index is 14.2. The lowest BCUT2D eigenvalue weighted by Crippen LogP contribution is -2.52. The zero-order valence-corrected chi connectivity index (χ0v) is 24.6. The van der Waals surface area contributed by atoms with Crippen molar-refractivity contribution in [2.24, 2.45) is 5.73 Å². The van der Waals surface area contributed by atoms with Crippen molar-refractivity contribution in [2.75, 3.05) is 19.0 Å². The van der Waals surface area contributed by atoms with Gasteiger partial charge in [0.05, 0.1) is 7.11 Å². The minimum Gasteiger partial charge on any atom is -0.497 e. The standard InChI is InChI=1S/C31H42N4O6/c1-7-9-19-35(29(38)25(17-18-26(32)36)34-30(39)41-31(3,4)5)27(22-12-10-11-21(8-2)20-22)28(37)33-23-13-15-24(40-6)16-14-23/h8,10-16,20,25,27H,2,7,9,17-19H2,1,3-6H3,(H2,32,36)(H,33,37)(H,34,39). The molecule has 0 aliphatic carbocycles. The van der Waals surface area contributed by atoms with Crippen molar-refractivity contribution < 1.29 is 28.7 Å². The van der Waals surface area contributed by atoms with Crippen molar-refractivity contribution in [2.45, 2.75) is 71.1 Å². The molecule has 0 saturated heterocycles. The summed E-state index contributed by atoms with van der Waals surface area (Å²) in [5.41, 5.74) is 6.41. The first kappa shape index (κ1) is 32.9. The Balaban J connectivity index is 2.55. The highest BCUT2D eigenvalue weighted by atomic mass is 16.6. The smallest absolute Gasteiger partial charge is 0.408 e. The summed E-state index contributed by atoms with van der Waals surface area (Å²) in [6.07, 6.45) is 1.96. The Kier molecular flexibility index (Phi) is 12.4. The van der Waals surface area contributed by atoms with E-state index in [0.29, 0.717) is 23.4 Å². The Morgan fingerprint density at radius 2 is 1.78 bits per heavy atom. The molecule has 2 rings (SSSR count). The molecule has 0 spiro atoms. The van der Waals surface area contributed by atoms with Gasteiger partial charge in [0.25, 0.3) is 5.91 Å². The fraction of sp³-hybridized carbons (Fsp3) is 0.419. The number of primary amides is 1. The molecule has 0 heterocycles. The fourth-order valence-electron chi connectivity index (χ4n) is 4.10. The topological polar surface area (TPSA) is 140 Å². The second-order valence-corrected chi connectivity index (χ2v) is 10.6. The number of hydrogen-bond acceptors (Lipinski definition) is 6. The van der Waals surface area contributed by atoms with Gasteiger partial charge in [0.15, 0.2) is 0 Å². The van der Waals surface area contributed by atoms with Gasteiger partial charge in [0.1, 0.15) is 23.4 Å². The minimum absolute atomic E-state index is 0.0600. The normalized spacial score (nSPS) is 12.4. The number of methoxy groups -OCH3 is 1. The summed E-state index contributed by atoms with van der Waals surface area (Å²) in [7, 11) is 1.55. The van der Waals surface area contributed by atoms with Crippen LogP contribution in [0, 0.1) is 0 Å². The molecule has 2 atom stereocenters. The maximum Gasteiger partial charge on any atom is 0.408 e. The molecule has 0 bridgehead atoms. The summed E-state index contributed by atoms with van der Waals surface area (Å²) in [6, 6.07) is 11.8. The number of carbonyl (C=O) groups excluding carboxylic acids is 4. The molecule has 0 aliphatic rings. The molecular weight excluding hydrogens is 524 g/mol. The molecule has 0 aliphatic heterocycles. The van der Waals surface area contributed by atoms with Gasteiger partial charge in [-0.3, -0.25) is 14.4 Å². The van der Waals surface area contributed by atoms with E-state index in [0.717, 1.165) is 12.0 Å². The Labute approximate surface area is 242 Å². The van der Waals surface area contributed by atoms with Gasteiger partial charge in [-0.2, -0.15) is 0 Å². The van der Waals surface area contributed by atoms with Crippen LogP contribution in [0.4, 0.5) is 10.5 Å². The van der Waals surface area contributed by atoms with Crippen molar-refractivity contribution >= 4 is 35.6 Å². The van der Waals surface area contributed by atoms with E-state index in [4.69, 9.17) is 15.2 Å². The average molecular weight is 567 g/mol. The van der Waals surface area contributed by atoms with Gasteiger partial charge in [0.2, 0.25) is 11.8 Å². The van der Waals surface area contributed by atoms with Gasteiger partial charge in [-0.05, 0) is 75.1 Å². The minimum atomic E-state index is -1.16. The zero-order valence-electron chi connectivity index (χ0n) is 24.6. The summed E-state index contributed by atoms with van der Waals surface area (Å²) in [5.74, 6) is -0.985. The second-order valence-electron chi connectivity index (χ2n) is 10.6. The van der Waals surface area contributed by atoms with E-state index in [1.165, 1.54) is 4.90 Å². The Hall–Kier alpha value is -4.34. The number of ether oxygens (including phenoxy) is 2. The number of nitrogens with one attached hydrogen (secondary N) is 2. The van der Waals surface area contributed by atoms with Gasteiger partial charge < -0.3 is 30.7 Å². The van der Waals surface area contributed by atoms with Crippen molar-refractivity contribution in [1.82, 2.24) is 10.2 Å². The lowest BCUT2D eigenvalue weighted by Gasteiger charge is -2.34. The molecule has 10 heteroatoms. The summed E-state index contributed by atoms with van der Waals surface area (Å²) >= 11 is 0. The molecule has 0 radical (unpaired) electrons. The Morgan fingerprint density at radius 1 is 1.10 bits per heavy atom. The average Bonchev–Trinajstić information content (AvgIpc) is 2.92. The molecule has 222 valence electrons. The van der Waals surface area contributed by atoms with Gasteiger partial charge in [-0.1, -0.05) is 44.2 Å². The number of rotatable bonds is 14. The SMILES string of the molecule is C=Cc1cccc(C(C(=O)Nc2ccc(OC)cc2)N(CCCC)C(=O)C(CCC(N)=O)NC(=O)OC(C)(C)C)c1. The van der Waals surface area contributed by atoms with E-state index < -0.39 is 41.5 Å². The zero-order chi connectivity index (χ0) is 30.6. The molecule has 0 fully saturated rings. The van der Waals surface area contributed by atoms with Crippen LogP contribution in [0.1, 0.15) is 70.5 Å². The number of benzene rings is 2. The first-order valence-corrected chi connectivity index (χ1v) is 13.6. The monoisotopic (exact) mass is 566 g/mol. The van der Waals surface area contributed by atoms with Crippen molar-refractivity contribution in [3.63, 3.8) is 0 Å². The first-order chi connectivity index (χ1) is 19.4. The van der Waals surface area contributed by atoms with Crippen LogP contribution in [0.15, 0.2) is 55.1 Å². The molecule has 4 amide bonds. The quantitative estimate of drug-likeness (QED) is 0.300. The van der Waals surface area contributed by atoms with Crippen molar-refractivity contribution in [1.29, 1.82) is 0 Å². The number of nitrogens with zero attached hydrogens (tertiary/aromatic N) is 1. The van der Waals surface area contributed by atoms with Crippen LogP contribution in [0.3, 0.4) is 0 Å². The number of amides is 4. The van der Waals surface area contributed by atoms with Gasteiger partial charge in [0, 0.05) is 18.7 Å². The highest BCUT2D eigenvalue weighted by Gasteiger charge is 2.36. The van der Waals surface area contributed by atoms with Crippen LogP contribution < -0.4 is 21.1 Å². The van der Waals surface area contributed by atoms with Gasteiger partial charge in [-0.25, -0.2) is 4.79 Å². The van der Waals surface area contributed by atoms with Crippen LogP contribution >= 0.6 is 0 Å². The lowest BCUT2D eigenvalue weighted by molar-refractivity contribution is -0.141. The van der Waals surface area contributed by atoms with Crippen LogP contribution in [-0.4, -0.2) is 54.0 Å². The number of hydrogen-bond donors (Lipinski definition) is 3. The number of nitrogens with two attached hydrogens (primary N) is 1. The summed E-state index contributed by atoms with van der Waals surface area (Å²) in [4.78, 5) is 53.8. The molecular formula is C31H42N4O6. The highest BCUT2D eigenvalue weighted by molar-refractivity contribution is 5.99. The molecule has 10 nitrogen and oxygen atoms in total. The van der Waals surface area contributed by atoms with E-state index in [-0.39, 0.29) is 19.4 Å². The van der Waals surface area contributed by atoms with Crippen molar-refractivity contribution in [3.05, 3.63) is 66.2 Å². The van der Waals surface area contributed by atoms with Crippen LogP contribution in [-0.2, 0) is 19.1 Å². The Morgan fingerprint density at radius 3 is 2.34 bits per heavy atom. The third kappa shape index (κ3) is 10.6.